The molecule has 0 radical (unpaired) electrons. The van der Waals surface area contributed by atoms with Crippen LogP contribution in [0, 0.1) is 34.0 Å². The summed E-state index contributed by atoms with van der Waals surface area (Å²) in [7, 11) is 0. The summed E-state index contributed by atoms with van der Waals surface area (Å²) in [6.07, 6.45) is 11.2. The Morgan fingerprint density at radius 2 is 1.76 bits per heavy atom. The summed E-state index contributed by atoms with van der Waals surface area (Å²) in [6.45, 7) is 13.3. The van der Waals surface area contributed by atoms with Gasteiger partial charge in [0.05, 0.1) is 5.60 Å². The number of allylic oxidation sites excluding steroid dienone is 1. The van der Waals surface area contributed by atoms with Gasteiger partial charge in [0, 0.05) is 29.7 Å². The van der Waals surface area contributed by atoms with Crippen molar-refractivity contribution in [2.75, 3.05) is 0 Å². The topological polar surface area (TPSA) is 63.6 Å². The monoisotopic (exact) mass is 468 g/mol. The Hall–Kier alpha value is -1.42. The molecule has 0 bridgehead atoms. The molecule has 188 valence electrons. The normalized spacial score (nSPS) is 44.9. The van der Waals surface area contributed by atoms with Gasteiger partial charge in [-0.25, -0.2) is 4.79 Å². The Bertz CT molecular complexity index is 972. The van der Waals surface area contributed by atoms with E-state index in [0.717, 1.165) is 50.5 Å². The molecule has 0 spiro atoms. The number of hydrogen-bond acceptors (Lipinski definition) is 4. The maximum atomic E-state index is 12.8. The molecule has 2 fully saturated rings. The molecule has 4 nitrogen and oxygen atoms in total. The molecule has 0 aromatic rings. The molecule has 4 aliphatic carbocycles. The van der Waals surface area contributed by atoms with E-state index >= 15 is 0 Å². The zero-order valence-corrected chi connectivity index (χ0v) is 22.1. The molecule has 5 aliphatic rings. The van der Waals surface area contributed by atoms with Crippen LogP contribution in [0.5, 0.6) is 0 Å². The summed E-state index contributed by atoms with van der Waals surface area (Å²) in [5.74, 6) is 1.05. The number of carbonyl (C=O) groups is 2. The van der Waals surface area contributed by atoms with Crippen LogP contribution in [0.15, 0.2) is 22.8 Å². The van der Waals surface area contributed by atoms with Crippen molar-refractivity contribution in [1.29, 1.82) is 0 Å². The van der Waals surface area contributed by atoms with Crippen molar-refractivity contribution < 1.29 is 19.4 Å². The number of cyclic esters (lactones) is 1. The Labute approximate surface area is 205 Å². The van der Waals surface area contributed by atoms with Crippen molar-refractivity contribution in [3.63, 3.8) is 0 Å². The van der Waals surface area contributed by atoms with E-state index in [4.69, 9.17) is 4.74 Å². The molecule has 2 saturated carbocycles. The van der Waals surface area contributed by atoms with Crippen molar-refractivity contribution in [2.24, 2.45) is 34.0 Å². The standard InChI is InChI=1S/C30H44O4/c1-18-7-9-23(34-26(18)32)19(2)21-12-15-29(6)22-8-10-24-27(3,4)25(31)13-16-30(24,33)17-20(22)11-14-28(21,29)5/h7,19,21,23-24,33H,8-17H2,1-6H3. The zero-order chi connectivity index (χ0) is 24.7. The van der Waals surface area contributed by atoms with Gasteiger partial charge in [-0.2, -0.15) is 0 Å². The third-order valence-electron chi connectivity index (χ3n) is 11.8. The fourth-order valence-corrected chi connectivity index (χ4v) is 9.28. The summed E-state index contributed by atoms with van der Waals surface area (Å²) in [4.78, 5) is 25.0. The van der Waals surface area contributed by atoms with Gasteiger partial charge in [0.1, 0.15) is 11.9 Å². The molecule has 0 aromatic carbocycles. The maximum absolute atomic E-state index is 12.8. The first-order valence-electron chi connectivity index (χ1n) is 13.7. The minimum absolute atomic E-state index is 0.0275. The second-order valence-electron chi connectivity index (χ2n) is 13.4. The van der Waals surface area contributed by atoms with Crippen LogP contribution in [0.4, 0.5) is 0 Å². The Kier molecular flexibility index (Phi) is 5.56. The summed E-state index contributed by atoms with van der Waals surface area (Å²) in [5.41, 5.74) is 2.90. The van der Waals surface area contributed by atoms with Crippen LogP contribution >= 0.6 is 0 Å². The number of carbonyl (C=O) groups excluding carboxylic acids is 2. The van der Waals surface area contributed by atoms with Crippen molar-refractivity contribution in [1.82, 2.24) is 0 Å². The highest BCUT2D eigenvalue weighted by Gasteiger charge is 2.62. The van der Waals surface area contributed by atoms with E-state index in [9.17, 15) is 14.7 Å². The first kappa shape index (κ1) is 24.3. The van der Waals surface area contributed by atoms with E-state index in [1.165, 1.54) is 12.0 Å². The average molecular weight is 469 g/mol. The minimum Gasteiger partial charge on any atom is -0.458 e. The van der Waals surface area contributed by atoms with Gasteiger partial charge in [0.2, 0.25) is 0 Å². The van der Waals surface area contributed by atoms with E-state index in [-0.39, 0.29) is 28.8 Å². The maximum Gasteiger partial charge on any atom is 0.333 e. The number of ketones is 1. The zero-order valence-electron chi connectivity index (χ0n) is 22.1. The highest BCUT2D eigenvalue weighted by Crippen LogP contribution is 2.69. The number of ether oxygens (including phenoxy) is 1. The van der Waals surface area contributed by atoms with E-state index in [1.807, 2.05) is 6.92 Å². The van der Waals surface area contributed by atoms with Gasteiger partial charge < -0.3 is 9.84 Å². The fraction of sp³-hybridized carbons (Fsp3) is 0.800. The van der Waals surface area contributed by atoms with Gasteiger partial charge in [-0.3, -0.25) is 4.79 Å². The predicted molar refractivity (Wildman–Crippen MR) is 133 cm³/mol. The Morgan fingerprint density at radius 1 is 1.03 bits per heavy atom. The van der Waals surface area contributed by atoms with Crippen molar-refractivity contribution in [3.05, 3.63) is 22.8 Å². The smallest absolute Gasteiger partial charge is 0.333 e. The number of hydrogen-bond donors (Lipinski definition) is 1. The van der Waals surface area contributed by atoms with E-state index in [0.29, 0.717) is 30.5 Å². The van der Waals surface area contributed by atoms with Crippen LogP contribution in [0.1, 0.15) is 106 Å². The second-order valence-corrected chi connectivity index (χ2v) is 13.4. The molecule has 0 saturated heterocycles. The van der Waals surface area contributed by atoms with Crippen molar-refractivity contribution >= 4 is 11.8 Å². The first-order valence-corrected chi connectivity index (χ1v) is 13.7. The molecule has 4 heteroatoms. The molecule has 7 atom stereocenters. The minimum atomic E-state index is -0.746. The van der Waals surface area contributed by atoms with Crippen molar-refractivity contribution in [2.45, 2.75) is 117 Å². The molecule has 1 N–H and O–H groups in total. The van der Waals surface area contributed by atoms with E-state index in [2.05, 4.69) is 40.7 Å². The molecule has 1 heterocycles. The lowest BCUT2D eigenvalue weighted by atomic mass is 9.52. The summed E-state index contributed by atoms with van der Waals surface area (Å²) >= 11 is 0. The molecule has 0 aromatic heterocycles. The number of aliphatic hydroxyl groups is 1. The average Bonchev–Trinajstić information content (AvgIpc) is 2.94. The highest BCUT2D eigenvalue weighted by atomic mass is 16.5. The third kappa shape index (κ3) is 3.26. The first-order chi connectivity index (χ1) is 15.8. The Balaban J connectivity index is 1.44. The number of rotatable bonds is 2. The van der Waals surface area contributed by atoms with E-state index < -0.39 is 11.0 Å². The SMILES string of the molecule is CC1=CCC(C(C)C2CCC3(C)C4=C(CCC23C)CC2(O)CCC(=O)C(C)(C)C2CC4)OC1=O. The highest BCUT2D eigenvalue weighted by molar-refractivity contribution is 5.88. The van der Waals surface area contributed by atoms with Gasteiger partial charge in [-0.15, -0.1) is 0 Å². The molecule has 5 rings (SSSR count). The molecular weight excluding hydrogens is 424 g/mol. The van der Waals surface area contributed by atoms with Gasteiger partial charge >= 0.3 is 5.97 Å². The molecule has 34 heavy (non-hydrogen) atoms. The van der Waals surface area contributed by atoms with Crippen LogP contribution < -0.4 is 0 Å². The van der Waals surface area contributed by atoms with Gasteiger partial charge in [0.25, 0.3) is 0 Å². The van der Waals surface area contributed by atoms with Gasteiger partial charge in [-0.1, -0.05) is 51.8 Å². The lowest BCUT2D eigenvalue weighted by Gasteiger charge is -2.52. The summed E-state index contributed by atoms with van der Waals surface area (Å²) in [5, 5.41) is 11.9. The van der Waals surface area contributed by atoms with Crippen LogP contribution in [0.3, 0.4) is 0 Å². The molecule has 0 amide bonds. The van der Waals surface area contributed by atoms with Crippen LogP contribution in [0.25, 0.3) is 0 Å². The largest absolute Gasteiger partial charge is 0.458 e. The fourth-order valence-electron chi connectivity index (χ4n) is 9.28. The summed E-state index contributed by atoms with van der Waals surface area (Å²) < 4.78 is 5.88. The number of esters is 1. The lowest BCUT2D eigenvalue weighted by Crippen LogP contribution is -2.53. The lowest BCUT2D eigenvalue weighted by molar-refractivity contribution is -0.152. The van der Waals surface area contributed by atoms with Crippen LogP contribution in [-0.2, 0) is 14.3 Å². The second kappa shape index (κ2) is 7.79. The molecular formula is C30H44O4. The number of Topliss-reactive ketones (excluding diaryl/α,β-unsaturated/α-hetero) is 1. The van der Waals surface area contributed by atoms with E-state index in [1.54, 1.807) is 5.57 Å². The number of fused-ring (bicyclic) bond motifs is 3. The van der Waals surface area contributed by atoms with Crippen LogP contribution in [0.2, 0.25) is 0 Å². The summed E-state index contributed by atoms with van der Waals surface area (Å²) in [6, 6.07) is 0. The predicted octanol–water partition coefficient (Wildman–Crippen LogP) is 6.32. The van der Waals surface area contributed by atoms with Gasteiger partial charge in [-0.05, 0) is 81.0 Å². The van der Waals surface area contributed by atoms with Crippen molar-refractivity contribution in [3.8, 4) is 0 Å². The molecule has 7 unspecified atom stereocenters. The molecule has 1 aliphatic heterocycles. The Morgan fingerprint density at radius 3 is 2.47 bits per heavy atom. The third-order valence-corrected chi connectivity index (χ3v) is 11.8. The van der Waals surface area contributed by atoms with Crippen LogP contribution in [-0.4, -0.2) is 28.6 Å². The quantitative estimate of drug-likeness (QED) is 0.381. The van der Waals surface area contributed by atoms with Gasteiger partial charge in [0.15, 0.2) is 0 Å².